The predicted octanol–water partition coefficient (Wildman–Crippen LogP) is 4.19. The molecule has 0 aromatic heterocycles. The van der Waals surface area contributed by atoms with E-state index in [9.17, 15) is 10.1 Å². The van der Waals surface area contributed by atoms with Crippen LogP contribution in [0, 0.1) is 15.5 Å². The fourth-order valence-electron chi connectivity index (χ4n) is 1.92. The summed E-state index contributed by atoms with van der Waals surface area (Å²) >= 11 is 9.32. The molecule has 1 aliphatic rings. The molecule has 0 spiro atoms. The summed E-state index contributed by atoms with van der Waals surface area (Å²) in [6.07, 6.45) is 0.814. The first-order chi connectivity index (χ1) is 8.32. The molecular weight excluding hydrogens is 321 g/mol. The fraction of sp³-hybridized carbons (Fsp3) is 0.500. The van der Waals surface area contributed by atoms with Gasteiger partial charge in [-0.2, -0.15) is 0 Å². The van der Waals surface area contributed by atoms with E-state index in [0.29, 0.717) is 9.85 Å². The maximum absolute atomic E-state index is 10.9. The van der Waals surface area contributed by atoms with Crippen molar-refractivity contribution in [3.63, 3.8) is 0 Å². The van der Waals surface area contributed by atoms with Crippen LogP contribution >= 0.6 is 27.5 Å². The van der Waals surface area contributed by atoms with E-state index < -0.39 is 4.92 Å². The topological polar surface area (TPSA) is 52.4 Å². The van der Waals surface area contributed by atoms with Crippen molar-refractivity contribution in [2.45, 2.75) is 31.2 Å². The van der Waals surface area contributed by atoms with Gasteiger partial charge >= 0.3 is 5.69 Å². The summed E-state index contributed by atoms with van der Waals surface area (Å²) in [6, 6.07) is 4.47. The van der Waals surface area contributed by atoms with Gasteiger partial charge in [-0.15, -0.1) is 0 Å². The molecule has 2 rings (SSSR count). The normalized spacial score (nSPS) is 25.3. The number of halogens is 2. The van der Waals surface area contributed by atoms with Crippen LogP contribution in [0.15, 0.2) is 18.2 Å². The molecule has 1 aliphatic carbocycles. The molecule has 98 valence electrons. The number of hydrogen-bond acceptors (Lipinski definition) is 3. The Kier molecular flexibility index (Phi) is 3.56. The van der Waals surface area contributed by atoms with E-state index >= 15 is 0 Å². The van der Waals surface area contributed by atoms with Gasteiger partial charge in [-0.3, -0.25) is 10.1 Å². The molecule has 6 heteroatoms. The summed E-state index contributed by atoms with van der Waals surface area (Å²) in [5, 5.41) is 11.3. The Morgan fingerprint density at radius 3 is 2.72 bits per heavy atom. The van der Waals surface area contributed by atoms with Gasteiger partial charge in [0.2, 0.25) is 0 Å². The molecule has 1 saturated carbocycles. The van der Waals surface area contributed by atoms with Crippen molar-refractivity contribution in [1.29, 1.82) is 0 Å². The van der Waals surface area contributed by atoms with Crippen LogP contribution in [0.25, 0.3) is 0 Å². The van der Waals surface area contributed by atoms with Gasteiger partial charge in [0.25, 0.3) is 0 Å². The zero-order valence-electron chi connectivity index (χ0n) is 10.0. The third kappa shape index (κ3) is 2.34. The second-order valence-corrected chi connectivity index (χ2v) is 6.54. The summed E-state index contributed by atoms with van der Waals surface area (Å²) in [7, 11) is 0. The maximum Gasteiger partial charge on any atom is 0.312 e. The first-order valence-electron chi connectivity index (χ1n) is 5.57. The lowest BCUT2D eigenvalue weighted by Crippen LogP contribution is -2.53. The fourth-order valence-corrected chi connectivity index (χ4v) is 2.72. The number of ether oxygens (including phenoxy) is 1. The minimum Gasteiger partial charge on any atom is -0.483 e. The Balaban J connectivity index is 2.23. The van der Waals surface area contributed by atoms with E-state index in [0.717, 1.165) is 6.42 Å². The summed E-state index contributed by atoms with van der Waals surface area (Å²) in [4.78, 5) is 10.8. The molecule has 1 fully saturated rings. The number of nitro groups is 1. The van der Waals surface area contributed by atoms with Crippen LogP contribution in [0.2, 0.25) is 5.02 Å². The second-order valence-electron chi connectivity index (χ2n) is 5.00. The van der Waals surface area contributed by atoms with Gasteiger partial charge in [0, 0.05) is 21.3 Å². The quantitative estimate of drug-likeness (QED) is 0.473. The van der Waals surface area contributed by atoms with Crippen LogP contribution in [-0.2, 0) is 0 Å². The molecule has 0 aliphatic heterocycles. The van der Waals surface area contributed by atoms with Crippen LogP contribution < -0.4 is 4.74 Å². The molecule has 2 atom stereocenters. The summed E-state index contributed by atoms with van der Waals surface area (Å²) in [5.41, 5.74) is -0.121. The van der Waals surface area contributed by atoms with Crippen LogP contribution in [0.3, 0.4) is 0 Å². The largest absolute Gasteiger partial charge is 0.483 e. The molecule has 0 heterocycles. The number of nitro benzene ring substituents is 1. The summed E-state index contributed by atoms with van der Waals surface area (Å²) < 4.78 is 5.75. The van der Waals surface area contributed by atoms with E-state index in [1.165, 1.54) is 6.07 Å². The van der Waals surface area contributed by atoms with E-state index in [1.54, 1.807) is 12.1 Å². The minimum absolute atomic E-state index is 0.0262. The van der Waals surface area contributed by atoms with Crippen molar-refractivity contribution in [1.82, 2.24) is 0 Å². The van der Waals surface area contributed by atoms with Crippen molar-refractivity contribution >= 4 is 33.2 Å². The number of benzene rings is 1. The van der Waals surface area contributed by atoms with Crippen LogP contribution in [0.1, 0.15) is 20.3 Å². The average molecular weight is 335 g/mol. The van der Waals surface area contributed by atoms with E-state index in [2.05, 4.69) is 29.8 Å². The molecular formula is C12H13BrClNO3. The third-order valence-electron chi connectivity index (χ3n) is 3.45. The highest BCUT2D eigenvalue weighted by atomic mass is 79.9. The molecule has 0 saturated heterocycles. The maximum atomic E-state index is 10.9. The Labute approximate surface area is 119 Å². The minimum atomic E-state index is -0.474. The summed E-state index contributed by atoms with van der Waals surface area (Å²) in [6.45, 7) is 4.14. The standard InChI is InChI=1S/C12H13BrClNO3/c1-12(2)10(13)6-11(12)18-9-4-3-7(14)5-8(9)15(16)17/h3-5,10-11H,6H2,1-2H3. The average Bonchev–Trinajstić information content (AvgIpc) is 2.30. The first kappa shape index (κ1) is 13.6. The van der Waals surface area contributed by atoms with Gasteiger partial charge in [-0.05, 0) is 18.6 Å². The molecule has 0 bridgehead atoms. The second kappa shape index (κ2) is 4.70. The van der Waals surface area contributed by atoms with Gasteiger partial charge in [-0.25, -0.2) is 0 Å². The lowest BCUT2D eigenvalue weighted by Gasteiger charge is -2.48. The highest BCUT2D eigenvalue weighted by Crippen LogP contribution is 2.48. The first-order valence-corrected chi connectivity index (χ1v) is 6.86. The van der Waals surface area contributed by atoms with Crippen molar-refractivity contribution in [3.05, 3.63) is 33.3 Å². The summed E-state index contributed by atoms with van der Waals surface area (Å²) in [5.74, 6) is 0.280. The molecule has 0 N–H and O–H groups in total. The van der Waals surface area contributed by atoms with Gasteiger partial charge in [0.1, 0.15) is 6.10 Å². The SMILES string of the molecule is CC1(C)C(Br)CC1Oc1ccc(Cl)cc1[N+](=O)[O-]. The van der Waals surface area contributed by atoms with E-state index in [4.69, 9.17) is 16.3 Å². The predicted molar refractivity (Wildman–Crippen MR) is 73.6 cm³/mol. The monoisotopic (exact) mass is 333 g/mol. The number of nitrogens with zero attached hydrogens (tertiary/aromatic N) is 1. The molecule has 0 amide bonds. The highest BCUT2D eigenvalue weighted by Gasteiger charge is 2.49. The van der Waals surface area contributed by atoms with Gasteiger partial charge in [0.05, 0.1) is 4.92 Å². The van der Waals surface area contributed by atoms with Crippen molar-refractivity contribution in [2.75, 3.05) is 0 Å². The van der Waals surface area contributed by atoms with Crippen molar-refractivity contribution in [3.8, 4) is 5.75 Å². The van der Waals surface area contributed by atoms with Crippen LogP contribution in [0.5, 0.6) is 5.75 Å². The van der Waals surface area contributed by atoms with E-state index in [1.807, 2.05) is 0 Å². The van der Waals surface area contributed by atoms with Gasteiger partial charge in [-0.1, -0.05) is 41.4 Å². The van der Waals surface area contributed by atoms with Crippen molar-refractivity contribution in [2.24, 2.45) is 5.41 Å². The molecule has 1 aromatic carbocycles. The Morgan fingerprint density at radius 2 is 2.22 bits per heavy atom. The number of rotatable bonds is 3. The van der Waals surface area contributed by atoms with E-state index in [-0.39, 0.29) is 23.0 Å². The third-order valence-corrected chi connectivity index (χ3v) is 5.23. The highest BCUT2D eigenvalue weighted by molar-refractivity contribution is 9.09. The zero-order chi connectivity index (χ0) is 13.5. The van der Waals surface area contributed by atoms with Crippen molar-refractivity contribution < 1.29 is 9.66 Å². The zero-order valence-corrected chi connectivity index (χ0v) is 12.4. The molecule has 4 nitrogen and oxygen atoms in total. The molecule has 2 unspecified atom stereocenters. The molecule has 1 aromatic rings. The smallest absolute Gasteiger partial charge is 0.312 e. The Hall–Kier alpha value is -0.810. The van der Waals surface area contributed by atoms with Crippen LogP contribution in [-0.4, -0.2) is 15.9 Å². The van der Waals surface area contributed by atoms with Crippen LogP contribution in [0.4, 0.5) is 5.69 Å². The Morgan fingerprint density at radius 1 is 1.56 bits per heavy atom. The lowest BCUT2D eigenvalue weighted by atomic mass is 9.69. The molecule has 18 heavy (non-hydrogen) atoms. The number of hydrogen-bond donors (Lipinski definition) is 0. The van der Waals surface area contributed by atoms with Gasteiger partial charge in [0.15, 0.2) is 5.75 Å². The molecule has 0 radical (unpaired) electrons. The lowest BCUT2D eigenvalue weighted by molar-refractivity contribution is -0.386. The van der Waals surface area contributed by atoms with Gasteiger partial charge < -0.3 is 4.74 Å². The Bertz CT molecular complexity index is 492. The number of alkyl halides is 1.